The summed E-state index contributed by atoms with van der Waals surface area (Å²) >= 11 is 6.19. The predicted molar refractivity (Wildman–Crippen MR) is 82.8 cm³/mol. The number of aryl methyl sites for hydroxylation is 2. The smallest absolute Gasteiger partial charge is 0.0752 e. The summed E-state index contributed by atoms with van der Waals surface area (Å²) in [5.41, 5.74) is 4.42. The fraction of sp³-hybridized carbons (Fsp3) is 0.438. The molecule has 0 spiro atoms. The molecule has 1 atom stereocenters. The van der Waals surface area contributed by atoms with Gasteiger partial charge in [0.15, 0.2) is 0 Å². The molecule has 0 radical (unpaired) electrons. The van der Waals surface area contributed by atoms with E-state index < -0.39 is 0 Å². The number of halogens is 1. The summed E-state index contributed by atoms with van der Waals surface area (Å²) in [4.78, 5) is 4.63. The highest BCUT2D eigenvalue weighted by molar-refractivity contribution is 6.32. The van der Waals surface area contributed by atoms with Gasteiger partial charge in [-0.2, -0.15) is 0 Å². The number of aromatic nitrogens is 1. The van der Waals surface area contributed by atoms with Gasteiger partial charge in [0.2, 0.25) is 0 Å². The second-order valence-corrected chi connectivity index (χ2v) is 5.59. The maximum absolute atomic E-state index is 6.19. The first kappa shape index (κ1) is 14.3. The number of nitrogens with zero attached hydrogens (tertiary/aromatic N) is 1. The topological polar surface area (TPSA) is 24.9 Å². The Bertz CT molecular complexity index is 593. The van der Waals surface area contributed by atoms with Crippen LogP contribution in [0.4, 0.5) is 0 Å². The molecule has 1 N–H and O–H groups in total. The lowest BCUT2D eigenvalue weighted by molar-refractivity contribution is 0.535. The minimum Gasteiger partial charge on any atom is -0.310 e. The lowest BCUT2D eigenvalue weighted by Crippen LogP contribution is -2.24. The summed E-state index contributed by atoms with van der Waals surface area (Å²) in [7, 11) is 0. The minimum atomic E-state index is 0.525. The maximum atomic E-state index is 6.19. The van der Waals surface area contributed by atoms with Gasteiger partial charge in [0, 0.05) is 28.7 Å². The van der Waals surface area contributed by atoms with Crippen LogP contribution in [0.1, 0.15) is 37.1 Å². The fourth-order valence-corrected chi connectivity index (χ4v) is 2.34. The molecule has 2 nitrogen and oxygen atoms in total. The van der Waals surface area contributed by atoms with Gasteiger partial charge in [-0.1, -0.05) is 24.6 Å². The van der Waals surface area contributed by atoms with Gasteiger partial charge in [-0.25, -0.2) is 0 Å². The third-order valence-corrected chi connectivity index (χ3v) is 4.04. The Labute approximate surface area is 120 Å². The van der Waals surface area contributed by atoms with Crippen molar-refractivity contribution in [1.29, 1.82) is 0 Å². The number of hydrogen-bond donors (Lipinski definition) is 1. The number of fused-ring (bicyclic) bond motifs is 1. The molecule has 1 heterocycles. The van der Waals surface area contributed by atoms with Crippen LogP contribution in [0, 0.1) is 13.8 Å². The van der Waals surface area contributed by atoms with E-state index in [9.17, 15) is 0 Å². The zero-order valence-corrected chi connectivity index (χ0v) is 12.8. The first-order chi connectivity index (χ1) is 9.02. The molecule has 1 aromatic heterocycles. The fourth-order valence-electron chi connectivity index (χ4n) is 2.19. The first-order valence-electron chi connectivity index (χ1n) is 6.81. The van der Waals surface area contributed by atoms with Gasteiger partial charge in [0.1, 0.15) is 0 Å². The molecule has 0 amide bonds. The Kier molecular flexibility index (Phi) is 4.43. The molecule has 0 saturated carbocycles. The second-order valence-electron chi connectivity index (χ2n) is 5.18. The Morgan fingerprint density at radius 1 is 1.32 bits per heavy atom. The number of pyridine rings is 1. The van der Waals surface area contributed by atoms with E-state index in [0.717, 1.165) is 34.8 Å². The van der Waals surface area contributed by atoms with E-state index in [-0.39, 0.29) is 0 Å². The summed E-state index contributed by atoms with van der Waals surface area (Å²) in [6.45, 7) is 9.33. The lowest BCUT2D eigenvalue weighted by Gasteiger charge is -2.14. The van der Waals surface area contributed by atoms with Crippen molar-refractivity contribution < 1.29 is 0 Å². The highest BCUT2D eigenvalue weighted by Gasteiger charge is 2.09. The predicted octanol–water partition coefficient (Wildman–Crippen LogP) is 4.39. The van der Waals surface area contributed by atoms with Crippen molar-refractivity contribution >= 4 is 22.5 Å². The number of rotatable bonds is 4. The van der Waals surface area contributed by atoms with Crippen molar-refractivity contribution in [3.63, 3.8) is 0 Å². The monoisotopic (exact) mass is 276 g/mol. The molecule has 0 aliphatic heterocycles. The summed E-state index contributed by atoms with van der Waals surface area (Å²) < 4.78 is 0. The molecule has 0 bridgehead atoms. The van der Waals surface area contributed by atoms with Gasteiger partial charge < -0.3 is 5.32 Å². The molecule has 1 aromatic carbocycles. The van der Waals surface area contributed by atoms with E-state index in [2.05, 4.69) is 36.3 Å². The van der Waals surface area contributed by atoms with Crippen molar-refractivity contribution in [2.75, 3.05) is 0 Å². The third-order valence-electron chi connectivity index (χ3n) is 3.64. The van der Waals surface area contributed by atoms with E-state index in [1.165, 1.54) is 10.9 Å². The highest BCUT2D eigenvalue weighted by atomic mass is 35.5. The SMILES string of the molecule is CCC(C)NCc1cc(C)nc2c(C)c(Cl)ccc12. The third kappa shape index (κ3) is 3.07. The molecule has 0 aliphatic rings. The van der Waals surface area contributed by atoms with Gasteiger partial charge in [-0.05, 0) is 50.5 Å². The van der Waals surface area contributed by atoms with Crippen molar-refractivity contribution in [2.45, 2.75) is 46.7 Å². The summed E-state index contributed by atoms with van der Waals surface area (Å²) in [5.74, 6) is 0. The van der Waals surface area contributed by atoms with Crippen molar-refractivity contribution in [3.8, 4) is 0 Å². The molecule has 19 heavy (non-hydrogen) atoms. The van der Waals surface area contributed by atoms with E-state index in [1.807, 2.05) is 19.9 Å². The average molecular weight is 277 g/mol. The molecule has 102 valence electrons. The Morgan fingerprint density at radius 2 is 2.05 bits per heavy atom. The molecular weight excluding hydrogens is 256 g/mol. The van der Waals surface area contributed by atoms with E-state index in [4.69, 9.17) is 11.6 Å². The summed E-state index contributed by atoms with van der Waals surface area (Å²) in [5, 5.41) is 5.52. The molecular formula is C16H21ClN2. The van der Waals surface area contributed by atoms with Crippen molar-refractivity contribution in [2.24, 2.45) is 0 Å². The normalized spacial score (nSPS) is 12.9. The van der Waals surface area contributed by atoms with Crippen molar-refractivity contribution in [1.82, 2.24) is 10.3 Å². The molecule has 0 fully saturated rings. The quantitative estimate of drug-likeness (QED) is 0.896. The Hall–Kier alpha value is -1.12. The van der Waals surface area contributed by atoms with Crippen LogP contribution in [0.15, 0.2) is 18.2 Å². The second kappa shape index (κ2) is 5.89. The van der Waals surface area contributed by atoms with Gasteiger partial charge in [-0.15, -0.1) is 0 Å². The van der Waals surface area contributed by atoms with Crippen LogP contribution in [-0.4, -0.2) is 11.0 Å². The summed E-state index contributed by atoms with van der Waals surface area (Å²) in [6, 6.07) is 6.72. The van der Waals surface area contributed by atoms with Crippen LogP contribution in [0.3, 0.4) is 0 Å². The van der Waals surface area contributed by atoms with Crippen LogP contribution in [-0.2, 0) is 6.54 Å². The van der Waals surface area contributed by atoms with Gasteiger partial charge in [-0.3, -0.25) is 4.98 Å². The first-order valence-corrected chi connectivity index (χ1v) is 7.19. The minimum absolute atomic E-state index is 0.525. The van der Waals surface area contributed by atoms with Gasteiger partial charge >= 0.3 is 0 Å². The molecule has 2 aromatic rings. The molecule has 3 heteroatoms. The zero-order valence-electron chi connectivity index (χ0n) is 12.0. The van der Waals surface area contributed by atoms with Gasteiger partial charge in [0.25, 0.3) is 0 Å². The highest BCUT2D eigenvalue weighted by Crippen LogP contribution is 2.26. The van der Waals surface area contributed by atoms with Crippen LogP contribution < -0.4 is 5.32 Å². The molecule has 1 unspecified atom stereocenters. The number of nitrogens with one attached hydrogen (secondary N) is 1. The maximum Gasteiger partial charge on any atom is 0.0752 e. The standard InChI is InChI=1S/C16H21ClN2/c1-5-10(2)18-9-13-8-11(3)19-16-12(4)15(17)7-6-14(13)16/h6-8,10,18H,5,9H2,1-4H3. The largest absolute Gasteiger partial charge is 0.310 e. The zero-order chi connectivity index (χ0) is 14.0. The van der Waals surface area contributed by atoms with E-state index in [0.29, 0.717) is 6.04 Å². The lowest BCUT2D eigenvalue weighted by atomic mass is 10.0. The Balaban J connectivity index is 2.46. The van der Waals surface area contributed by atoms with E-state index >= 15 is 0 Å². The number of benzene rings is 1. The van der Waals surface area contributed by atoms with Crippen LogP contribution in [0.25, 0.3) is 10.9 Å². The molecule has 0 aliphatic carbocycles. The van der Waals surface area contributed by atoms with Gasteiger partial charge in [0.05, 0.1) is 5.52 Å². The van der Waals surface area contributed by atoms with Crippen LogP contribution in [0.2, 0.25) is 5.02 Å². The average Bonchev–Trinajstić information content (AvgIpc) is 2.40. The van der Waals surface area contributed by atoms with Crippen LogP contribution in [0.5, 0.6) is 0 Å². The molecule has 2 rings (SSSR count). The molecule has 0 saturated heterocycles. The Morgan fingerprint density at radius 3 is 2.74 bits per heavy atom. The van der Waals surface area contributed by atoms with Crippen LogP contribution >= 0.6 is 11.6 Å². The van der Waals surface area contributed by atoms with E-state index in [1.54, 1.807) is 0 Å². The van der Waals surface area contributed by atoms with Crippen molar-refractivity contribution in [3.05, 3.63) is 40.0 Å². The summed E-state index contributed by atoms with van der Waals surface area (Å²) in [6.07, 6.45) is 1.13. The number of hydrogen-bond acceptors (Lipinski definition) is 2.